The van der Waals surface area contributed by atoms with Crippen LogP contribution in [0.25, 0.3) is 23.3 Å². The molecule has 26 heavy (non-hydrogen) atoms. The lowest BCUT2D eigenvalue weighted by Crippen LogP contribution is -2.26. The van der Waals surface area contributed by atoms with Crippen molar-refractivity contribution in [2.24, 2.45) is 11.1 Å². The lowest BCUT2D eigenvalue weighted by atomic mass is 9.65. The van der Waals surface area contributed by atoms with Gasteiger partial charge in [0.15, 0.2) is 0 Å². The van der Waals surface area contributed by atoms with Crippen molar-refractivity contribution in [2.75, 3.05) is 0 Å². The number of nitrogens with two attached hydrogens (primary N) is 1. The van der Waals surface area contributed by atoms with Crippen LogP contribution in [-0.2, 0) is 0 Å². The van der Waals surface area contributed by atoms with Crippen LogP contribution in [0, 0.1) is 5.41 Å². The maximum absolute atomic E-state index is 6.44. The molecule has 0 bridgehead atoms. The molecule has 122 valence electrons. The van der Waals surface area contributed by atoms with Crippen molar-refractivity contribution in [3.05, 3.63) is 118 Å². The monoisotopic (exact) mass is 331 g/mol. The molecule has 0 radical (unpaired) electrons. The van der Waals surface area contributed by atoms with Crippen molar-refractivity contribution >= 4 is 23.3 Å². The first kappa shape index (κ1) is 13.9. The first-order valence-electron chi connectivity index (χ1n) is 9.00. The molecule has 0 saturated carbocycles. The standard InChI is InChI=1S/C25H17N/c26-23-11-13-25(22-15-17-7-2-4-9-19(17)24(22)23)12-5-10-20-18-8-3-1-6-16(18)14-21(20)25/h1-15H,26H2. The van der Waals surface area contributed by atoms with Crippen LogP contribution in [0.5, 0.6) is 0 Å². The first-order valence-corrected chi connectivity index (χ1v) is 9.00. The first-order chi connectivity index (χ1) is 12.8. The van der Waals surface area contributed by atoms with Crippen molar-refractivity contribution in [1.29, 1.82) is 0 Å². The Morgan fingerprint density at radius 2 is 1.42 bits per heavy atom. The SMILES string of the molecule is NC1=C2C(=Cc3ccccc32)C2(C=CC=C3C2=Cc2ccccc23)C=C1. The molecule has 0 fully saturated rings. The van der Waals surface area contributed by atoms with Crippen LogP contribution in [0.4, 0.5) is 0 Å². The number of hydrogen-bond acceptors (Lipinski definition) is 1. The highest BCUT2D eigenvalue weighted by molar-refractivity contribution is 6.06. The molecule has 0 amide bonds. The van der Waals surface area contributed by atoms with Gasteiger partial charge in [0.2, 0.25) is 0 Å². The molecule has 0 aromatic heterocycles. The van der Waals surface area contributed by atoms with Crippen LogP contribution in [0.3, 0.4) is 0 Å². The van der Waals surface area contributed by atoms with Crippen LogP contribution in [0.1, 0.15) is 22.3 Å². The highest BCUT2D eigenvalue weighted by Crippen LogP contribution is 2.59. The smallest absolute Gasteiger partial charge is 0.0582 e. The minimum Gasteiger partial charge on any atom is -0.398 e. The van der Waals surface area contributed by atoms with Gasteiger partial charge in [0.05, 0.1) is 5.41 Å². The molecule has 2 aromatic carbocycles. The van der Waals surface area contributed by atoms with E-state index in [1.165, 1.54) is 44.5 Å². The molecule has 0 aliphatic heterocycles. The summed E-state index contributed by atoms with van der Waals surface area (Å²) in [5, 5.41) is 0. The Balaban J connectivity index is 1.61. The fourth-order valence-corrected chi connectivity index (χ4v) is 4.79. The lowest BCUT2D eigenvalue weighted by Gasteiger charge is -2.37. The Kier molecular flexibility index (Phi) is 2.49. The predicted molar refractivity (Wildman–Crippen MR) is 109 cm³/mol. The summed E-state index contributed by atoms with van der Waals surface area (Å²) in [7, 11) is 0. The van der Waals surface area contributed by atoms with Gasteiger partial charge in [0.1, 0.15) is 0 Å². The number of allylic oxidation sites excluding steroid dienone is 9. The summed E-state index contributed by atoms with van der Waals surface area (Å²) in [6, 6.07) is 17.2. The fourth-order valence-electron chi connectivity index (χ4n) is 4.79. The van der Waals surface area contributed by atoms with E-state index in [-0.39, 0.29) is 5.41 Å². The van der Waals surface area contributed by atoms with E-state index in [4.69, 9.17) is 5.73 Å². The van der Waals surface area contributed by atoms with E-state index in [9.17, 15) is 0 Å². The third kappa shape index (κ3) is 1.56. The molecule has 1 spiro atoms. The molecule has 1 nitrogen and oxygen atoms in total. The molecule has 1 atom stereocenters. The van der Waals surface area contributed by atoms with Gasteiger partial charge < -0.3 is 5.73 Å². The molecule has 2 aromatic rings. The van der Waals surface area contributed by atoms with Crippen LogP contribution >= 0.6 is 0 Å². The van der Waals surface area contributed by atoms with E-state index >= 15 is 0 Å². The van der Waals surface area contributed by atoms with E-state index < -0.39 is 0 Å². The Hall–Kier alpha value is -3.32. The van der Waals surface area contributed by atoms with Crippen LogP contribution in [-0.4, -0.2) is 0 Å². The third-order valence-electron chi connectivity index (χ3n) is 5.97. The Morgan fingerprint density at radius 1 is 0.731 bits per heavy atom. The van der Waals surface area contributed by atoms with E-state index in [1.807, 2.05) is 0 Å². The summed E-state index contributed by atoms with van der Waals surface area (Å²) in [4.78, 5) is 0. The number of fused-ring (bicyclic) bond motifs is 8. The molecule has 1 unspecified atom stereocenters. The predicted octanol–water partition coefficient (Wildman–Crippen LogP) is 5.36. The topological polar surface area (TPSA) is 26.0 Å². The molecule has 6 rings (SSSR count). The van der Waals surface area contributed by atoms with Gasteiger partial charge in [0.25, 0.3) is 0 Å². The van der Waals surface area contributed by atoms with E-state index in [0.29, 0.717) is 0 Å². The fraction of sp³-hybridized carbons (Fsp3) is 0.0400. The van der Waals surface area contributed by atoms with E-state index in [0.717, 1.165) is 5.70 Å². The quantitative estimate of drug-likeness (QED) is 0.691. The molecule has 0 heterocycles. The number of benzene rings is 2. The Bertz CT molecular complexity index is 1180. The minimum absolute atomic E-state index is 0.250. The second kappa shape index (κ2) is 4.64. The zero-order valence-corrected chi connectivity index (χ0v) is 14.2. The van der Waals surface area contributed by atoms with Gasteiger partial charge in [-0.1, -0.05) is 72.8 Å². The minimum atomic E-state index is -0.250. The lowest BCUT2D eigenvalue weighted by molar-refractivity contribution is 0.750. The highest BCUT2D eigenvalue weighted by Gasteiger charge is 2.44. The van der Waals surface area contributed by atoms with Gasteiger partial charge in [-0.15, -0.1) is 0 Å². The Labute approximate surface area is 152 Å². The largest absolute Gasteiger partial charge is 0.398 e. The average Bonchev–Trinajstić information content (AvgIpc) is 3.25. The maximum atomic E-state index is 6.44. The molecule has 4 aliphatic rings. The van der Waals surface area contributed by atoms with Crippen molar-refractivity contribution in [2.45, 2.75) is 0 Å². The average molecular weight is 331 g/mol. The van der Waals surface area contributed by atoms with Gasteiger partial charge in [-0.3, -0.25) is 0 Å². The van der Waals surface area contributed by atoms with Gasteiger partial charge >= 0.3 is 0 Å². The molecule has 4 aliphatic carbocycles. The summed E-state index contributed by atoms with van der Waals surface area (Å²) < 4.78 is 0. The zero-order chi connectivity index (χ0) is 17.3. The van der Waals surface area contributed by atoms with Crippen LogP contribution in [0.15, 0.2) is 95.8 Å². The van der Waals surface area contributed by atoms with Crippen LogP contribution in [0.2, 0.25) is 0 Å². The summed E-state index contributed by atoms with van der Waals surface area (Å²) in [6.07, 6.45) is 15.8. The van der Waals surface area contributed by atoms with Crippen molar-refractivity contribution in [3.63, 3.8) is 0 Å². The third-order valence-corrected chi connectivity index (χ3v) is 5.97. The van der Waals surface area contributed by atoms with Gasteiger partial charge in [-0.05, 0) is 57.2 Å². The van der Waals surface area contributed by atoms with Gasteiger partial charge in [-0.25, -0.2) is 0 Å². The van der Waals surface area contributed by atoms with Crippen molar-refractivity contribution in [1.82, 2.24) is 0 Å². The van der Waals surface area contributed by atoms with E-state index in [1.54, 1.807) is 0 Å². The molecule has 2 N–H and O–H groups in total. The van der Waals surface area contributed by atoms with Gasteiger partial charge in [-0.2, -0.15) is 0 Å². The molecular weight excluding hydrogens is 314 g/mol. The summed E-state index contributed by atoms with van der Waals surface area (Å²) in [5.41, 5.74) is 17.3. The van der Waals surface area contributed by atoms with Gasteiger partial charge in [0, 0.05) is 11.3 Å². The number of rotatable bonds is 0. The molecule has 0 saturated heterocycles. The zero-order valence-electron chi connectivity index (χ0n) is 14.2. The molecule has 1 heteroatoms. The van der Waals surface area contributed by atoms with Crippen molar-refractivity contribution in [3.8, 4) is 0 Å². The highest BCUT2D eigenvalue weighted by atomic mass is 14.6. The second-order valence-corrected chi connectivity index (χ2v) is 7.26. The number of hydrogen-bond donors (Lipinski definition) is 1. The Morgan fingerprint density at radius 3 is 2.27 bits per heavy atom. The van der Waals surface area contributed by atoms with Crippen molar-refractivity contribution < 1.29 is 0 Å². The summed E-state index contributed by atoms with van der Waals surface area (Å²) >= 11 is 0. The van der Waals surface area contributed by atoms with E-state index in [2.05, 4.69) is 91.1 Å². The molecular formula is C25H17N. The maximum Gasteiger partial charge on any atom is 0.0582 e. The van der Waals surface area contributed by atoms with Crippen LogP contribution < -0.4 is 5.73 Å². The normalized spacial score (nSPS) is 23.9. The second-order valence-electron chi connectivity index (χ2n) is 7.26. The summed E-state index contributed by atoms with van der Waals surface area (Å²) in [5.74, 6) is 0. The summed E-state index contributed by atoms with van der Waals surface area (Å²) in [6.45, 7) is 0.